The Morgan fingerprint density at radius 1 is 1.08 bits per heavy atom. The van der Waals surface area contributed by atoms with E-state index in [-0.39, 0.29) is 24.1 Å². The number of hydrogen-bond donors (Lipinski definition) is 2. The summed E-state index contributed by atoms with van der Waals surface area (Å²) in [4.78, 5) is 25.9. The molecular weight excluding hydrogens is 340 g/mol. The van der Waals surface area contributed by atoms with Crippen molar-refractivity contribution >= 4 is 23.3 Å². The van der Waals surface area contributed by atoms with Crippen LogP contribution in [0, 0.1) is 25.5 Å². The van der Waals surface area contributed by atoms with Gasteiger partial charge < -0.3 is 15.5 Å². The number of anilines is 2. The van der Waals surface area contributed by atoms with Gasteiger partial charge in [0.15, 0.2) is 11.6 Å². The van der Waals surface area contributed by atoms with Crippen LogP contribution in [0.25, 0.3) is 0 Å². The Bertz CT molecular complexity index is 870. The molecule has 3 rings (SSSR count). The van der Waals surface area contributed by atoms with Crippen LogP contribution in [0.15, 0.2) is 36.4 Å². The summed E-state index contributed by atoms with van der Waals surface area (Å²) in [5.41, 5.74) is 3.16. The fourth-order valence-corrected chi connectivity index (χ4v) is 2.87. The van der Waals surface area contributed by atoms with Gasteiger partial charge in [0.25, 0.3) is 0 Å². The number of nitrogens with zero attached hydrogens (tertiary/aromatic N) is 1. The first kappa shape index (κ1) is 17.8. The van der Waals surface area contributed by atoms with E-state index in [0.29, 0.717) is 6.54 Å². The smallest absolute Gasteiger partial charge is 0.319 e. The first-order chi connectivity index (χ1) is 12.3. The number of carbonyl (C=O) groups excluding carboxylic acids is 2. The maximum atomic E-state index is 13.2. The van der Waals surface area contributed by atoms with Crippen molar-refractivity contribution in [1.82, 2.24) is 5.32 Å². The fraction of sp³-hybridized carbons (Fsp3) is 0.263. The van der Waals surface area contributed by atoms with Crippen LogP contribution in [0.1, 0.15) is 17.5 Å². The molecule has 26 heavy (non-hydrogen) atoms. The van der Waals surface area contributed by atoms with Crippen LogP contribution >= 0.6 is 0 Å². The number of amides is 3. The summed E-state index contributed by atoms with van der Waals surface area (Å²) in [6, 6.07) is 7.93. The summed E-state index contributed by atoms with van der Waals surface area (Å²) in [5.74, 6) is -2.10. The summed E-state index contributed by atoms with van der Waals surface area (Å²) in [5, 5.41) is 5.13. The van der Waals surface area contributed by atoms with Crippen LogP contribution in [0.5, 0.6) is 0 Å². The number of urea groups is 1. The lowest BCUT2D eigenvalue weighted by atomic mass is 10.1. The highest BCUT2D eigenvalue weighted by Gasteiger charge is 2.31. The minimum absolute atomic E-state index is 0.0774. The van der Waals surface area contributed by atoms with Crippen molar-refractivity contribution in [2.75, 3.05) is 16.8 Å². The second-order valence-electron chi connectivity index (χ2n) is 6.40. The van der Waals surface area contributed by atoms with Gasteiger partial charge in [-0.25, -0.2) is 13.6 Å². The maximum Gasteiger partial charge on any atom is 0.319 e. The van der Waals surface area contributed by atoms with Gasteiger partial charge in [-0.3, -0.25) is 4.79 Å². The zero-order valence-corrected chi connectivity index (χ0v) is 14.5. The molecule has 7 heteroatoms. The maximum absolute atomic E-state index is 13.2. The molecule has 0 aliphatic carbocycles. The normalized spacial score (nSPS) is 16.7. The SMILES string of the molecule is Cc1ccc(N2CC(NC(=O)Nc3ccc(F)c(F)c3)CC2=O)cc1C. The van der Waals surface area contributed by atoms with Crippen molar-refractivity contribution in [3.8, 4) is 0 Å². The van der Waals surface area contributed by atoms with Crippen LogP contribution < -0.4 is 15.5 Å². The Labute approximate surface area is 150 Å². The highest BCUT2D eigenvalue weighted by Crippen LogP contribution is 2.24. The number of benzene rings is 2. The third kappa shape index (κ3) is 3.82. The van der Waals surface area contributed by atoms with Crippen molar-refractivity contribution in [1.29, 1.82) is 0 Å². The summed E-state index contributed by atoms with van der Waals surface area (Å²) >= 11 is 0. The van der Waals surface area contributed by atoms with Crippen LogP contribution in [0.2, 0.25) is 0 Å². The Morgan fingerprint density at radius 3 is 2.54 bits per heavy atom. The molecule has 2 aromatic carbocycles. The molecule has 1 aliphatic heterocycles. The number of nitrogens with one attached hydrogen (secondary N) is 2. The molecule has 1 heterocycles. The minimum Gasteiger partial charge on any atom is -0.333 e. The molecule has 2 N–H and O–H groups in total. The lowest BCUT2D eigenvalue weighted by Crippen LogP contribution is -2.39. The molecule has 1 atom stereocenters. The molecule has 136 valence electrons. The predicted octanol–water partition coefficient (Wildman–Crippen LogP) is 3.51. The molecule has 0 bridgehead atoms. The topological polar surface area (TPSA) is 61.4 Å². The third-order valence-corrected chi connectivity index (χ3v) is 4.44. The minimum atomic E-state index is -1.04. The van der Waals surface area contributed by atoms with E-state index in [1.165, 1.54) is 6.07 Å². The van der Waals surface area contributed by atoms with Gasteiger partial charge in [0.2, 0.25) is 5.91 Å². The molecule has 0 aromatic heterocycles. The standard InChI is InChI=1S/C19H19F2N3O2/c1-11-3-5-15(7-12(11)2)24-10-14(9-18(24)25)23-19(26)22-13-4-6-16(20)17(21)8-13/h3-8,14H,9-10H2,1-2H3,(H2,22,23,26). The highest BCUT2D eigenvalue weighted by atomic mass is 19.2. The van der Waals surface area contributed by atoms with E-state index in [1.54, 1.807) is 4.90 Å². The average Bonchev–Trinajstić information content (AvgIpc) is 2.93. The molecular formula is C19H19F2N3O2. The van der Waals surface area contributed by atoms with Crippen LogP contribution in [0.3, 0.4) is 0 Å². The summed E-state index contributed by atoms with van der Waals surface area (Å²) in [6.07, 6.45) is 0.179. The van der Waals surface area contributed by atoms with Crippen LogP contribution in [-0.4, -0.2) is 24.5 Å². The molecule has 1 unspecified atom stereocenters. The average molecular weight is 359 g/mol. The zero-order valence-electron chi connectivity index (χ0n) is 14.5. The monoisotopic (exact) mass is 359 g/mol. The molecule has 1 saturated heterocycles. The predicted molar refractivity (Wildman–Crippen MR) is 95.2 cm³/mol. The lowest BCUT2D eigenvalue weighted by molar-refractivity contribution is -0.117. The van der Waals surface area contributed by atoms with Crippen molar-refractivity contribution < 1.29 is 18.4 Å². The van der Waals surface area contributed by atoms with Crippen molar-refractivity contribution in [2.45, 2.75) is 26.3 Å². The Balaban J connectivity index is 1.62. The van der Waals surface area contributed by atoms with Gasteiger partial charge in [-0.05, 0) is 49.2 Å². The number of hydrogen-bond acceptors (Lipinski definition) is 2. The molecule has 3 amide bonds. The van der Waals surface area contributed by atoms with Gasteiger partial charge in [0, 0.05) is 30.4 Å². The summed E-state index contributed by atoms with van der Waals surface area (Å²) in [7, 11) is 0. The van der Waals surface area contributed by atoms with Gasteiger partial charge in [0.05, 0.1) is 6.04 Å². The van der Waals surface area contributed by atoms with Crippen LogP contribution in [-0.2, 0) is 4.79 Å². The van der Waals surface area contributed by atoms with E-state index >= 15 is 0 Å². The third-order valence-electron chi connectivity index (χ3n) is 4.44. The van der Waals surface area contributed by atoms with E-state index in [0.717, 1.165) is 28.9 Å². The summed E-state index contributed by atoms with van der Waals surface area (Å²) < 4.78 is 26.1. The Morgan fingerprint density at radius 2 is 1.85 bits per heavy atom. The van der Waals surface area contributed by atoms with E-state index < -0.39 is 17.7 Å². The van der Waals surface area contributed by atoms with E-state index in [2.05, 4.69) is 10.6 Å². The van der Waals surface area contributed by atoms with Gasteiger partial charge in [-0.15, -0.1) is 0 Å². The second-order valence-corrected chi connectivity index (χ2v) is 6.40. The molecule has 2 aromatic rings. The quantitative estimate of drug-likeness (QED) is 0.881. The molecule has 1 fully saturated rings. The van der Waals surface area contributed by atoms with E-state index in [9.17, 15) is 18.4 Å². The second kappa shape index (κ2) is 7.11. The number of carbonyl (C=O) groups is 2. The lowest BCUT2D eigenvalue weighted by Gasteiger charge is -2.18. The molecule has 5 nitrogen and oxygen atoms in total. The summed E-state index contributed by atoms with van der Waals surface area (Å²) in [6.45, 7) is 4.33. The molecule has 0 saturated carbocycles. The van der Waals surface area contributed by atoms with Gasteiger partial charge in [-0.1, -0.05) is 6.07 Å². The van der Waals surface area contributed by atoms with Crippen molar-refractivity contribution in [2.24, 2.45) is 0 Å². The first-order valence-electron chi connectivity index (χ1n) is 8.23. The van der Waals surface area contributed by atoms with Gasteiger partial charge in [0.1, 0.15) is 0 Å². The number of rotatable bonds is 3. The molecule has 0 radical (unpaired) electrons. The van der Waals surface area contributed by atoms with Gasteiger partial charge >= 0.3 is 6.03 Å². The first-order valence-corrected chi connectivity index (χ1v) is 8.23. The Kier molecular flexibility index (Phi) is 4.88. The highest BCUT2D eigenvalue weighted by molar-refractivity contribution is 5.97. The van der Waals surface area contributed by atoms with Crippen LogP contribution in [0.4, 0.5) is 25.0 Å². The number of aryl methyl sites for hydroxylation is 2. The molecule has 1 aliphatic rings. The molecule has 0 spiro atoms. The van der Waals surface area contributed by atoms with Crippen molar-refractivity contribution in [3.63, 3.8) is 0 Å². The van der Waals surface area contributed by atoms with E-state index in [4.69, 9.17) is 0 Å². The zero-order chi connectivity index (χ0) is 18.8. The number of halogens is 2. The van der Waals surface area contributed by atoms with Gasteiger partial charge in [-0.2, -0.15) is 0 Å². The largest absolute Gasteiger partial charge is 0.333 e. The fourth-order valence-electron chi connectivity index (χ4n) is 2.87. The Hall–Kier alpha value is -2.96. The van der Waals surface area contributed by atoms with E-state index in [1.807, 2.05) is 32.0 Å². The van der Waals surface area contributed by atoms with Crippen molar-refractivity contribution in [3.05, 3.63) is 59.2 Å².